The van der Waals surface area contributed by atoms with Gasteiger partial charge < -0.3 is 20.3 Å². The van der Waals surface area contributed by atoms with Crippen LogP contribution in [0.15, 0.2) is 24.3 Å². The zero-order valence-electron chi connectivity index (χ0n) is 10.8. The van der Waals surface area contributed by atoms with Gasteiger partial charge in [-0.05, 0) is 24.3 Å². The van der Waals surface area contributed by atoms with Crippen molar-refractivity contribution in [2.45, 2.75) is 12.1 Å². The minimum atomic E-state index is -0.0953. The van der Waals surface area contributed by atoms with Crippen molar-refractivity contribution in [1.82, 2.24) is 10.2 Å². The number of fused-ring (bicyclic) bond motifs is 1. The number of halogens is 2. The lowest BCUT2D eigenvalue weighted by atomic mass is 10.2. The molecule has 2 N–H and O–H groups in total. The minimum Gasteiger partial charge on any atom is -0.373 e. The van der Waals surface area contributed by atoms with Crippen LogP contribution in [0.2, 0.25) is 5.02 Å². The zero-order chi connectivity index (χ0) is 13.2. The van der Waals surface area contributed by atoms with Gasteiger partial charge in [-0.1, -0.05) is 11.6 Å². The maximum atomic E-state index is 12.1. The number of ether oxygens (including phenoxy) is 1. The van der Waals surface area contributed by atoms with E-state index in [9.17, 15) is 4.79 Å². The highest BCUT2D eigenvalue weighted by molar-refractivity contribution is 6.30. The number of morpholine rings is 1. The first-order valence-electron chi connectivity index (χ1n) is 6.39. The van der Waals surface area contributed by atoms with E-state index in [-0.39, 0.29) is 30.6 Å². The Morgan fingerprint density at radius 2 is 2.10 bits per heavy atom. The lowest BCUT2D eigenvalue weighted by molar-refractivity contribution is 0.0187. The zero-order valence-corrected chi connectivity index (χ0v) is 12.4. The number of urea groups is 1. The van der Waals surface area contributed by atoms with Crippen LogP contribution in [0, 0.1) is 0 Å². The Bertz CT molecular complexity index is 455. The summed E-state index contributed by atoms with van der Waals surface area (Å²) in [4.78, 5) is 13.9. The summed E-state index contributed by atoms with van der Waals surface area (Å²) in [5.41, 5.74) is 0.748. The number of nitrogens with zero attached hydrogens (tertiary/aromatic N) is 1. The third kappa shape index (κ3) is 3.35. The minimum absolute atomic E-state index is 0. The molecule has 2 aliphatic rings. The maximum Gasteiger partial charge on any atom is 0.321 e. The Morgan fingerprint density at radius 3 is 2.80 bits per heavy atom. The topological polar surface area (TPSA) is 53.6 Å². The van der Waals surface area contributed by atoms with E-state index < -0.39 is 0 Å². The Morgan fingerprint density at radius 1 is 1.35 bits per heavy atom. The summed E-state index contributed by atoms with van der Waals surface area (Å²) >= 11 is 5.81. The molecule has 0 saturated carbocycles. The first-order chi connectivity index (χ1) is 9.22. The van der Waals surface area contributed by atoms with Gasteiger partial charge in [0.2, 0.25) is 0 Å². The number of hydrogen-bond donors (Lipinski definition) is 2. The van der Waals surface area contributed by atoms with Crippen molar-refractivity contribution in [2.75, 3.05) is 31.6 Å². The van der Waals surface area contributed by atoms with Gasteiger partial charge in [0.1, 0.15) is 0 Å². The van der Waals surface area contributed by atoms with Crippen LogP contribution in [0.5, 0.6) is 0 Å². The second-order valence-corrected chi connectivity index (χ2v) is 5.25. The van der Waals surface area contributed by atoms with Crippen molar-refractivity contribution >= 4 is 35.7 Å². The predicted molar refractivity (Wildman–Crippen MR) is 80.8 cm³/mol. The number of amides is 2. The number of benzene rings is 1. The molecule has 2 atom stereocenters. The fraction of sp³-hybridized carbons (Fsp3) is 0.462. The molecule has 0 aliphatic carbocycles. The molecule has 0 aromatic heterocycles. The maximum absolute atomic E-state index is 12.1. The third-order valence-electron chi connectivity index (χ3n) is 3.49. The highest BCUT2D eigenvalue weighted by Gasteiger charge is 2.37. The first-order valence-corrected chi connectivity index (χ1v) is 6.76. The van der Waals surface area contributed by atoms with E-state index in [4.69, 9.17) is 16.3 Å². The molecule has 1 aromatic rings. The quantitative estimate of drug-likeness (QED) is 0.832. The average Bonchev–Trinajstić information content (AvgIpc) is 2.85. The van der Waals surface area contributed by atoms with Crippen LogP contribution in [-0.4, -0.2) is 49.3 Å². The van der Waals surface area contributed by atoms with Gasteiger partial charge in [-0.3, -0.25) is 0 Å². The van der Waals surface area contributed by atoms with E-state index in [2.05, 4.69) is 10.6 Å². The summed E-state index contributed by atoms with van der Waals surface area (Å²) in [6, 6.07) is 7.25. The summed E-state index contributed by atoms with van der Waals surface area (Å²) in [5.74, 6) is 0. The molecule has 20 heavy (non-hydrogen) atoms. The lowest BCUT2D eigenvalue weighted by Crippen LogP contribution is -2.47. The fourth-order valence-electron chi connectivity index (χ4n) is 2.50. The monoisotopic (exact) mass is 317 g/mol. The highest BCUT2D eigenvalue weighted by Crippen LogP contribution is 2.18. The molecule has 0 bridgehead atoms. The molecular weight excluding hydrogens is 301 g/mol. The average molecular weight is 318 g/mol. The van der Waals surface area contributed by atoms with Crippen molar-refractivity contribution < 1.29 is 9.53 Å². The van der Waals surface area contributed by atoms with Gasteiger partial charge in [0.15, 0.2) is 0 Å². The van der Waals surface area contributed by atoms with Gasteiger partial charge in [0, 0.05) is 23.8 Å². The van der Waals surface area contributed by atoms with Crippen molar-refractivity contribution in [3.8, 4) is 0 Å². The van der Waals surface area contributed by atoms with E-state index in [0.29, 0.717) is 24.7 Å². The first kappa shape index (κ1) is 15.4. The number of rotatable bonds is 1. The molecule has 2 amide bonds. The Balaban J connectivity index is 0.00000147. The van der Waals surface area contributed by atoms with E-state index in [1.54, 1.807) is 29.2 Å². The molecular formula is C13H17Cl2N3O2. The van der Waals surface area contributed by atoms with Gasteiger partial charge >= 0.3 is 6.03 Å². The SMILES string of the molecule is Cl.O=C(Nc1ccc(Cl)cc1)N1C[C@@H]2NCCO[C@H]2C1. The van der Waals surface area contributed by atoms with Crippen LogP contribution in [0.25, 0.3) is 0 Å². The van der Waals surface area contributed by atoms with Gasteiger partial charge in [-0.15, -0.1) is 12.4 Å². The van der Waals surface area contributed by atoms with Gasteiger partial charge in [0.25, 0.3) is 0 Å². The molecule has 0 radical (unpaired) electrons. The number of carbonyl (C=O) groups is 1. The van der Waals surface area contributed by atoms with Crippen molar-refractivity contribution in [3.63, 3.8) is 0 Å². The standard InChI is InChI=1S/C13H16ClN3O2.ClH/c14-9-1-3-10(4-2-9)16-13(18)17-7-11-12(8-17)19-6-5-15-11;/h1-4,11-12,15H,5-8H2,(H,16,18);1H/t11-,12-;/m0./s1. The highest BCUT2D eigenvalue weighted by atomic mass is 35.5. The summed E-state index contributed by atoms with van der Waals surface area (Å²) in [5, 5.41) is 6.89. The van der Waals surface area contributed by atoms with Crippen molar-refractivity contribution in [1.29, 1.82) is 0 Å². The molecule has 2 saturated heterocycles. The van der Waals surface area contributed by atoms with E-state index in [0.717, 1.165) is 12.2 Å². The second-order valence-electron chi connectivity index (χ2n) is 4.81. The Hall–Kier alpha value is -1.01. The van der Waals surface area contributed by atoms with Crippen LogP contribution in [0.4, 0.5) is 10.5 Å². The van der Waals surface area contributed by atoms with Crippen molar-refractivity contribution in [3.05, 3.63) is 29.3 Å². The van der Waals surface area contributed by atoms with Crippen LogP contribution in [0.1, 0.15) is 0 Å². The number of carbonyl (C=O) groups excluding carboxylic acids is 1. The van der Waals surface area contributed by atoms with E-state index in [1.807, 2.05) is 0 Å². The number of hydrogen-bond acceptors (Lipinski definition) is 3. The van der Waals surface area contributed by atoms with Gasteiger partial charge in [-0.2, -0.15) is 0 Å². The number of likely N-dealkylation sites (tertiary alicyclic amines) is 1. The Kier molecular flexibility index (Phi) is 5.10. The number of nitrogens with one attached hydrogen (secondary N) is 2. The van der Waals surface area contributed by atoms with E-state index >= 15 is 0 Å². The Labute approximate surface area is 129 Å². The van der Waals surface area contributed by atoms with Gasteiger partial charge in [-0.25, -0.2) is 4.79 Å². The summed E-state index contributed by atoms with van der Waals surface area (Å²) in [6.07, 6.45) is 0.115. The summed E-state index contributed by atoms with van der Waals surface area (Å²) in [6.45, 7) is 2.89. The predicted octanol–water partition coefficient (Wildman–Crippen LogP) is 1.97. The molecule has 0 unspecified atom stereocenters. The second kappa shape index (κ2) is 6.63. The molecule has 3 rings (SSSR count). The number of anilines is 1. The summed E-state index contributed by atoms with van der Waals surface area (Å²) in [7, 11) is 0. The fourth-order valence-corrected chi connectivity index (χ4v) is 2.62. The van der Waals surface area contributed by atoms with Crippen LogP contribution >= 0.6 is 24.0 Å². The normalized spacial score (nSPS) is 24.8. The van der Waals surface area contributed by atoms with E-state index in [1.165, 1.54) is 0 Å². The van der Waals surface area contributed by atoms with Crippen LogP contribution < -0.4 is 10.6 Å². The van der Waals surface area contributed by atoms with Crippen LogP contribution in [0.3, 0.4) is 0 Å². The molecule has 0 spiro atoms. The van der Waals surface area contributed by atoms with Crippen LogP contribution in [-0.2, 0) is 4.74 Å². The molecule has 2 fully saturated rings. The molecule has 7 heteroatoms. The largest absolute Gasteiger partial charge is 0.373 e. The van der Waals surface area contributed by atoms with Crippen molar-refractivity contribution in [2.24, 2.45) is 0 Å². The molecule has 110 valence electrons. The third-order valence-corrected chi connectivity index (χ3v) is 3.74. The summed E-state index contributed by atoms with van der Waals surface area (Å²) < 4.78 is 5.65. The molecule has 2 heterocycles. The molecule has 5 nitrogen and oxygen atoms in total. The smallest absolute Gasteiger partial charge is 0.321 e. The lowest BCUT2D eigenvalue weighted by Gasteiger charge is -2.25. The van der Waals surface area contributed by atoms with Gasteiger partial charge in [0.05, 0.1) is 25.3 Å². The molecule has 1 aromatic carbocycles. The molecule has 2 aliphatic heterocycles.